The van der Waals surface area contributed by atoms with E-state index in [0.29, 0.717) is 12.3 Å². The van der Waals surface area contributed by atoms with Crippen molar-refractivity contribution >= 4 is 26.0 Å². The van der Waals surface area contributed by atoms with Crippen LogP contribution in [0.1, 0.15) is 40.0 Å². The molecule has 1 aliphatic carbocycles. The van der Waals surface area contributed by atoms with Crippen molar-refractivity contribution in [3.8, 4) is 0 Å². The lowest BCUT2D eigenvalue weighted by molar-refractivity contribution is 0.466. The Morgan fingerprint density at radius 2 is 2.18 bits per heavy atom. The van der Waals surface area contributed by atoms with Crippen LogP contribution >= 0.6 is 15.9 Å². The minimum atomic E-state index is -4.13. The molecule has 0 amide bonds. The van der Waals surface area contributed by atoms with Crippen molar-refractivity contribution in [2.45, 2.75) is 43.7 Å². The van der Waals surface area contributed by atoms with E-state index >= 15 is 0 Å². The van der Waals surface area contributed by atoms with Crippen molar-refractivity contribution < 1.29 is 13.0 Å². The molecule has 0 saturated carbocycles. The van der Waals surface area contributed by atoms with Crippen molar-refractivity contribution in [2.75, 3.05) is 0 Å². The van der Waals surface area contributed by atoms with Gasteiger partial charge in [-0.05, 0) is 25.3 Å². The molecule has 0 spiro atoms. The topological polar surface area (TPSA) is 54.4 Å². The third-order valence-electron chi connectivity index (χ3n) is 3.31. The number of halogens is 1. The van der Waals surface area contributed by atoms with Crippen LogP contribution in [-0.4, -0.2) is 16.6 Å². The highest BCUT2D eigenvalue weighted by Gasteiger charge is 2.40. The fourth-order valence-electron chi connectivity index (χ4n) is 1.83. The van der Waals surface area contributed by atoms with Crippen LogP contribution in [0.2, 0.25) is 0 Å². The van der Waals surface area contributed by atoms with Crippen molar-refractivity contribution in [3.05, 3.63) is 23.3 Å². The van der Waals surface area contributed by atoms with Crippen LogP contribution in [0.4, 0.5) is 0 Å². The first-order valence-electron chi connectivity index (χ1n) is 5.73. The van der Waals surface area contributed by atoms with Gasteiger partial charge in [0.25, 0.3) is 10.1 Å². The summed E-state index contributed by atoms with van der Waals surface area (Å²) in [5, 5.41) is 0. The molecule has 1 aliphatic rings. The summed E-state index contributed by atoms with van der Waals surface area (Å²) in [7, 11) is -4.13. The lowest BCUT2D eigenvalue weighted by Crippen LogP contribution is -2.32. The summed E-state index contributed by atoms with van der Waals surface area (Å²) >= 11 is 3.14. The predicted octanol–water partition coefficient (Wildman–Crippen LogP) is 3.68. The van der Waals surface area contributed by atoms with E-state index in [1.54, 1.807) is 6.08 Å². The summed E-state index contributed by atoms with van der Waals surface area (Å²) in [5.74, 6) is 0.518. The molecule has 0 radical (unpaired) electrons. The average Bonchev–Trinajstić information content (AvgIpc) is 2.22. The fraction of sp³-hybridized carbons (Fsp3) is 0.667. The number of allylic oxidation sites excluding steroid dienone is 3. The molecular weight excluding hydrogens is 304 g/mol. The van der Waals surface area contributed by atoms with Gasteiger partial charge in [-0.1, -0.05) is 53.4 Å². The molecule has 0 fully saturated rings. The highest BCUT2D eigenvalue weighted by Crippen LogP contribution is 2.40. The Kier molecular flexibility index (Phi) is 4.60. The van der Waals surface area contributed by atoms with Crippen LogP contribution in [0.5, 0.6) is 0 Å². The largest absolute Gasteiger partial charge is 0.284 e. The van der Waals surface area contributed by atoms with Crippen LogP contribution < -0.4 is 0 Å². The van der Waals surface area contributed by atoms with E-state index < -0.39 is 13.8 Å². The fourth-order valence-corrected chi connectivity index (χ4v) is 2.90. The standard InChI is InChI=1S/C12H19BrO3S/c1-4-9(2)7-11-8-12(13,17(14,15)16)6-5-10(11)3/h5-6,9H,4,7-8H2,1-3H3,(H,14,15,16)/t9?,12-/m0/s1. The van der Waals surface area contributed by atoms with E-state index in [4.69, 9.17) is 0 Å². The lowest BCUT2D eigenvalue weighted by Gasteiger charge is -2.28. The Morgan fingerprint density at radius 1 is 1.59 bits per heavy atom. The highest BCUT2D eigenvalue weighted by molar-refractivity contribution is 9.11. The molecule has 0 aromatic heterocycles. The van der Waals surface area contributed by atoms with Crippen molar-refractivity contribution in [3.63, 3.8) is 0 Å². The number of alkyl halides is 1. The third kappa shape index (κ3) is 3.42. The summed E-state index contributed by atoms with van der Waals surface area (Å²) in [5.41, 5.74) is 2.19. The zero-order chi connectivity index (χ0) is 13.3. The molecule has 0 heterocycles. The highest BCUT2D eigenvalue weighted by atomic mass is 79.9. The van der Waals surface area contributed by atoms with Gasteiger partial charge < -0.3 is 0 Å². The van der Waals surface area contributed by atoms with E-state index in [1.807, 2.05) is 6.92 Å². The van der Waals surface area contributed by atoms with Crippen LogP contribution in [0, 0.1) is 5.92 Å². The molecule has 17 heavy (non-hydrogen) atoms. The van der Waals surface area contributed by atoms with Gasteiger partial charge in [0.2, 0.25) is 0 Å². The lowest BCUT2D eigenvalue weighted by atomic mass is 9.89. The number of hydrogen-bond donors (Lipinski definition) is 1. The van der Waals surface area contributed by atoms with Gasteiger partial charge >= 0.3 is 0 Å². The summed E-state index contributed by atoms with van der Waals surface area (Å²) in [4.78, 5) is 0. The summed E-state index contributed by atoms with van der Waals surface area (Å²) < 4.78 is 30.6. The van der Waals surface area contributed by atoms with Gasteiger partial charge in [0.15, 0.2) is 3.66 Å². The van der Waals surface area contributed by atoms with Crippen LogP contribution in [0.15, 0.2) is 23.3 Å². The van der Waals surface area contributed by atoms with Crippen molar-refractivity contribution in [2.24, 2.45) is 5.92 Å². The summed E-state index contributed by atoms with van der Waals surface area (Å²) in [6.07, 6.45) is 5.53. The molecule has 0 bridgehead atoms. The molecule has 3 nitrogen and oxygen atoms in total. The molecule has 1 unspecified atom stereocenters. The second kappa shape index (κ2) is 5.24. The average molecular weight is 323 g/mol. The van der Waals surface area contributed by atoms with Gasteiger partial charge in [-0.2, -0.15) is 8.42 Å². The Morgan fingerprint density at radius 3 is 2.65 bits per heavy atom. The molecule has 1 rings (SSSR count). The molecule has 0 aliphatic heterocycles. The van der Waals surface area contributed by atoms with E-state index in [-0.39, 0.29) is 0 Å². The molecule has 1 N–H and O–H groups in total. The van der Waals surface area contributed by atoms with Crippen molar-refractivity contribution in [1.82, 2.24) is 0 Å². The maximum atomic E-state index is 11.4. The zero-order valence-corrected chi connectivity index (χ0v) is 12.8. The van der Waals surface area contributed by atoms with Gasteiger partial charge in [0.1, 0.15) is 0 Å². The minimum absolute atomic E-state index is 0.318. The maximum absolute atomic E-state index is 11.4. The molecule has 98 valence electrons. The Balaban J connectivity index is 2.98. The van der Waals surface area contributed by atoms with Gasteiger partial charge in [0.05, 0.1) is 0 Å². The molecular formula is C12H19BrO3S. The number of hydrogen-bond acceptors (Lipinski definition) is 2. The molecule has 0 aromatic rings. The van der Waals surface area contributed by atoms with Crippen molar-refractivity contribution in [1.29, 1.82) is 0 Å². The van der Waals surface area contributed by atoms with Gasteiger partial charge in [-0.3, -0.25) is 4.55 Å². The normalized spacial score (nSPS) is 27.4. The van der Waals surface area contributed by atoms with Crippen LogP contribution in [0.3, 0.4) is 0 Å². The van der Waals surface area contributed by atoms with E-state index in [9.17, 15) is 13.0 Å². The summed E-state index contributed by atoms with van der Waals surface area (Å²) in [6.45, 7) is 6.23. The molecule has 0 saturated heterocycles. The SMILES string of the molecule is CCC(C)CC1=C(C)C=C[C@](Br)(S(=O)(=O)O)C1. The predicted molar refractivity (Wildman–Crippen MR) is 73.7 cm³/mol. The number of rotatable bonds is 4. The molecule has 5 heteroatoms. The Bertz CT molecular complexity index is 450. The van der Waals surface area contributed by atoms with E-state index in [1.165, 1.54) is 6.08 Å². The maximum Gasteiger partial charge on any atom is 0.284 e. The first-order chi connectivity index (χ1) is 7.69. The molecule has 2 atom stereocenters. The zero-order valence-electron chi connectivity index (χ0n) is 10.4. The Labute approximate surface area is 112 Å². The molecule has 0 aromatic carbocycles. The minimum Gasteiger partial charge on any atom is -0.284 e. The van der Waals surface area contributed by atoms with Gasteiger partial charge in [0, 0.05) is 6.42 Å². The second-order valence-electron chi connectivity index (χ2n) is 4.78. The smallest absolute Gasteiger partial charge is 0.284 e. The third-order valence-corrected chi connectivity index (χ3v) is 6.23. The van der Waals surface area contributed by atoms with Crippen LogP contribution in [0.25, 0.3) is 0 Å². The first kappa shape index (κ1) is 14.9. The quantitative estimate of drug-likeness (QED) is 0.634. The van der Waals surface area contributed by atoms with E-state index in [0.717, 1.165) is 24.0 Å². The monoisotopic (exact) mass is 322 g/mol. The van der Waals surface area contributed by atoms with Gasteiger partial charge in [-0.25, -0.2) is 0 Å². The second-order valence-corrected chi connectivity index (χ2v) is 8.39. The summed E-state index contributed by atoms with van der Waals surface area (Å²) in [6, 6.07) is 0. The van der Waals surface area contributed by atoms with Gasteiger partial charge in [-0.15, -0.1) is 0 Å². The van der Waals surface area contributed by atoms with Crippen LogP contribution in [-0.2, 0) is 10.1 Å². The van der Waals surface area contributed by atoms with E-state index in [2.05, 4.69) is 29.8 Å². The Hall–Kier alpha value is -0.130. The first-order valence-corrected chi connectivity index (χ1v) is 7.96.